The number of sulfonamides is 1. The van der Waals surface area contributed by atoms with Crippen molar-refractivity contribution in [3.8, 4) is 0 Å². The minimum atomic E-state index is -4.09. The second-order valence-electron chi connectivity index (χ2n) is 9.80. The Labute approximate surface area is 240 Å². The fourth-order valence-electron chi connectivity index (χ4n) is 3.91. The fourth-order valence-corrected chi connectivity index (χ4v) is 5.59. The van der Waals surface area contributed by atoms with Gasteiger partial charge in [-0.3, -0.25) is 13.9 Å². The van der Waals surface area contributed by atoms with Gasteiger partial charge in [-0.15, -0.1) is 0 Å². The zero-order valence-corrected chi connectivity index (χ0v) is 25.4. The van der Waals surface area contributed by atoms with Crippen LogP contribution in [0.4, 0.5) is 5.69 Å². The molecule has 0 unspecified atom stereocenters. The van der Waals surface area contributed by atoms with Gasteiger partial charge in [-0.2, -0.15) is 0 Å². The number of amides is 2. The van der Waals surface area contributed by atoms with Gasteiger partial charge in [0.2, 0.25) is 11.8 Å². The Bertz CT molecular complexity index is 1380. The van der Waals surface area contributed by atoms with Crippen LogP contribution in [0.25, 0.3) is 0 Å². The van der Waals surface area contributed by atoms with Crippen LogP contribution in [-0.2, 0) is 26.2 Å². The molecular formula is C30H36BrN3O4S. The molecule has 0 heterocycles. The molecule has 208 valence electrons. The summed E-state index contributed by atoms with van der Waals surface area (Å²) >= 11 is 3.39. The number of anilines is 1. The molecule has 2 amide bonds. The predicted octanol–water partition coefficient (Wildman–Crippen LogP) is 5.59. The van der Waals surface area contributed by atoms with Gasteiger partial charge in [0, 0.05) is 17.1 Å². The van der Waals surface area contributed by atoms with E-state index in [-0.39, 0.29) is 23.4 Å². The van der Waals surface area contributed by atoms with Crippen LogP contribution < -0.4 is 9.62 Å². The minimum absolute atomic E-state index is 0.0579. The Balaban J connectivity index is 2.01. The van der Waals surface area contributed by atoms with E-state index in [1.807, 2.05) is 52.0 Å². The first-order valence-electron chi connectivity index (χ1n) is 12.9. The van der Waals surface area contributed by atoms with Gasteiger partial charge in [-0.05, 0) is 76.1 Å². The van der Waals surface area contributed by atoms with Crippen molar-refractivity contribution < 1.29 is 18.0 Å². The van der Waals surface area contributed by atoms with Gasteiger partial charge in [0.1, 0.15) is 12.6 Å². The van der Waals surface area contributed by atoms with E-state index < -0.39 is 28.5 Å². The molecule has 3 rings (SSSR count). The van der Waals surface area contributed by atoms with Crippen LogP contribution >= 0.6 is 15.9 Å². The smallest absolute Gasteiger partial charge is 0.264 e. The number of benzene rings is 3. The molecule has 39 heavy (non-hydrogen) atoms. The van der Waals surface area contributed by atoms with Crippen LogP contribution in [0.1, 0.15) is 43.9 Å². The van der Waals surface area contributed by atoms with Gasteiger partial charge in [0.15, 0.2) is 0 Å². The SMILES string of the molecule is CC[C@H](C)NC(=O)[C@H](C)N(Cc1ccc(C)cc1)C(=O)CN(c1ccc(Br)cc1)S(=O)(=O)c1ccc(C)cc1. The summed E-state index contributed by atoms with van der Waals surface area (Å²) in [5, 5.41) is 2.94. The second kappa shape index (κ2) is 13.3. The normalized spacial score (nSPS) is 12.9. The number of carbonyl (C=O) groups excluding carboxylic acids is 2. The zero-order valence-electron chi connectivity index (χ0n) is 23.0. The third-order valence-electron chi connectivity index (χ3n) is 6.64. The largest absolute Gasteiger partial charge is 0.352 e. The van der Waals surface area contributed by atoms with E-state index in [1.165, 1.54) is 17.0 Å². The number of nitrogens with zero attached hydrogens (tertiary/aromatic N) is 2. The number of hydrogen-bond acceptors (Lipinski definition) is 4. The lowest BCUT2D eigenvalue weighted by atomic mass is 10.1. The monoisotopic (exact) mass is 613 g/mol. The molecule has 0 fully saturated rings. The van der Waals surface area contributed by atoms with Crippen LogP contribution in [0.2, 0.25) is 0 Å². The molecule has 0 radical (unpaired) electrons. The average molecular weight is 615 g/mol. The fraction of sp³-hybridized carbons (Fsp3) is 0.333. The van der Waals surface area contributed by atoms with Crippen LogP contribution in [0, 0.1) is 13.8 Å². The van der Waals surface area contributed by atoms with Gasteiger partial charge in [0.25, 0.3) is 10.0 Å². The lowest BCUT2D eigenvalue weighted by Crippen LogP contribution is -2.52. The van der Waals surface area contributed by atoms with Crippen molar-refractivity contribution in [2.45, 2.75) is 64.6 Å². The van der Waals surface area contributed by atoms with Crippen molar-refractivity contribution in [3.05, 3.63) is 94.0 Å². The number of nitrogens with one attached hydrogen (secondary N) is 1. The maximum Gasteiger partial charge on any atom is 0.264 e. The Kier molecular flexibility index (Phi) is 10.3. The summed E-state index contributed by atoms with van der Waals surface area (Å²) in [6.45, 7) is 9.08. The summed E-state index contributed by atoms with van der Waals surface area (Å²) in [6.07, 6.45) is 0.747. The van der Waals surface area contributed by atoms with E-state index in [4.69, 9.17) is 0 Å². The third-order valence-corrected chi connectivity index (χ3v) is 8.96. The lowest BCUT2D eigenvalue weighted by Gasteiger charge is -2.32. The van der Waals surface area contributed by atoms with Crippen molar-refractivity contribution in [2.24, 2.45) is 0 Å². The molecule has 0 aromatic heterocycles. The van der Waals surface area contributed by atoms with E-state index in [0.29, 0.717) is 5.69 Å². The molecule has 0 bridgehead atoms. The maximum atomic E-state index is 13.9. The zero-order chi connectivity index (χ0) is 28.7. The van der Waals surface area contributed by atoms with E-state index in [0.717, 1.165) is 31.9 Å². The number of halogens is 1. The maximum absolute atomic E-state index is 13.9. The Morgan fingerprint density at radius 1 is 0.872 bits per heavy atom. The lowest BCUT2D eigenvalue weighted by molar-refractivity contribution is -0.139. The molecular weight excluding hydrogens is 578 g/mol. The van der Waals surface area contributed by atoms with Gasteiger partial charge < -0.3 is 10.2 Å². The van der Waals surface area contributed by atoms with Crippen molar-refractivity contribution in [1.29, 1.82) is 0 Å². The number of hydrogen-bond donors (Lipinski definition) is 1. The van der Waals surface area contributed by atoms with E-state index in [9.17, 15) is 18.0 Å². The Morgan fingerprint density at radius 3 is 1.95 bits per heavy atom. The summed E-state index contributed by atoms with van der Waals surface area (Å²) in [6, 6.07) is 20.1. The first kappa shape index (κ1) is 30.4. The van der Waals surface area contributed by atoms with Crippen LogP contribution in [0.15, 0.2) is 82.2 Å². The molecule has 0 aliphatic carbocycles. The van der Waals surface area contributed by atoms with Crippen molar-refractivity contribution >= 4 is 43.5 Å². The van der Waals surface area contributed by atoms with E-state index >= 15 is 0 Å². The molecule has 2 atom stereocenters. The molecule has 1 N–H and O–H groups in total. The second-order valence-corrected chi connectivity index (χ2v) is 12.6. The molecule has 0 spiro atoms. The Morgan fingerprint density at radius 2 is 1.41 bits per heavy atom. The highest BCUT2D eigenvalue weighted by atomic mass is 79.9. The van der Waals surface area contributed by atoms with Crippen molar-refractivity contribution in [3.63, 3.8) is 0 Å². The van der Waals surface area contributed by atoms with Gasteiger partial charge in [-0.1, -0.05) is 70.4 Å². The van der Waals surface area contributed by atoms with Gasteiger partial charge >= 0.3 is 0 Å². The summed E-state index contributed by atoms with van der Waals surface area (Å²) in [5.74, 6) is -0.776. The molecule has 9 heteroatoms. The molecule has 0 aliphatic heterocycles. The highest BCUT2D eigenvalue weighted by molar-refractivity contribution is 9.10. The average Bonchev–Trinajstić information content (AvgIpc) is 2.91. The predicted molar refractivity (Wildman–Crippen MR) is 159 cm³/mol. The van der Waals surface area contributed by atoms with Crippen LogP contribution in [0.5, 0.6) is 0 Å². The van der Waals surface area contributed by atoms with E-state index in [1.54, 1.807) is 43.3 Å². The number of rotatable bonds is 11. The Hall–Kier alpha value is -3.17. The molecule has 3 aromatic carbocycles. The quantitative estimate of drug-likeness (QED) is 0.305. The van der Waals surface area contributed by atoms with Crippen molar-refractivity contribution in [2.75, 3.05) is 10.8 Å². The molecule has 3 aromatic rings. The molecule has 0 aliphatic rings. The van der Waals surface area contributed by atoms with E-state index in [2.05, 4.69) is 21.2 Å². The van der Waals surface area contributed by atoms with Gasteiger partial charge in [0.05, 0.1) is 10.6 Å². The highest BCUT2D eigenvalue weighted by Gasteiger charge is 2.32. The molecule has 0 saturated heterocycles. The van der Waals surface area contributed by atoms with Crippen LogP contribution in [0.3, 0.4) is 0 Å². The standard InChI is InChI=1S/C30H36BrN3O4S/c1-6-23(4)32-30(36)24(5)33(19-25-11-7-21(2)8-12-25)29(35)20-34(27-15-13-26(31)14-16-27)39(37,38)28-17-9-22(3)10-18-28/h7-18,23-24H,6,19-20H2,1-5H3,(H,32,36)/t23-,24-/m0/s1. The summed E-state index contributed by atoms with van der Waals surface area (Å²) in [4.78, 5) is 28.6. The summed E-state index contributed by atoms with van der Waals surface area (Å²) in [7, 11) is -4.09. The topological polar surface area (TPSA) is 86.8 Å². The summed E-state index contributed by atoms with van der Waals surface area (Å²) < 4.78 is 29.6. The third kappa shape index (κ3) is 7.92. The molecule has 0 saturated carbocycles. The first-order valence-corrected chi connectivity index (χ1v) is 15.2. The first-order chi connectivity index (χ1) is 18.4. The number of aryl methyl sites for hydroxylation is 2. The number of carbonyl (C=O) groups is 2. The van der Waals surface area contributed by atoms with Gasteiger partial charge in [-0.25, -0.2) is 8.42 Å². The molecule has 7 nitrogen and oxygen atoms in total. The minimum Gasteiger partial charge on any atom is -0.352 e. The summed E-state index contributed by atoms with van der Waals surface area (Å²) in [5.41, 5.74) is 3.18. The van der Waals surface area contributed by atoms with Crippen molar-refractivity contribution in [1.82, 2.24) is 10.2 Å². The highest BCUT2D eigenvalue weighted by Crippen LogP contribution is 2.26. The van der Waals surface area contributed by atoms with Crippen LogP contribution in [-0.4, -0.2) is 43.8 Å².